The lowest BCUT2D eigenvalue weighted by atomic mass is 9.99. The summed E-state index contributed by atoms with van der Waals surface area (Å²) in [6.07, 6.45) is 0. The molecule has 0 bridgehead atoms. The Hall–Kier alpha value is -9.38. The fraction of sp³-hybridized carbons (Fsp3) is 0. The fourth-order valence-corrected chi connectivity index (χ4v) is 8.80. The third kappa shape index (κ3) is 9.84. The normalized spacial score (nSPS) is 10.9. The molecule has 0 radical (unpaired) electrons. The van der Waals surface area contributed by atoms with Crippen LogP contribution in [0.15, 0.2) is 291 Å². The number of hydrogen-bond donors (Lipinski definition) is 0. The van der Waals surface area contributed by atoms with Crippen LogP contribution in [0.3, 0.4) is 0 Å². The van der Waals surface area contributed by atoms with Crippen molar-refractivity contribution in [2.75, 3.05) is 9.80 Å². The van der Waals surface area contributed by atoms with E-state index in [0.717, 1.165) is 79.4 Å². The van der Waals surface area contributed by atoms with Crippen LogP contribution in [0.1, 0.15) is 0 Å². The Morgan fingerprint density at radius 3 is 0.571 bits per heavy atom. The number of rotatable bonds is 14. The number of ether oxygens (including phenoxy) is 2. The molecular formula is C66H48N2O2. The first-order chi connectivity index (χ1) is 34.7. The summed E-state index contributed by atoms with van der Waals surface area (Å²) in [5, 5.41) is 0. The van der Waals surface area contributed by atoms with Gasteiger partial charge in [-0.1, -0.05) is 170 Å². The number of anilines is 6. The Morgan fingerprint density at radius 1 is 0.157 bits per heavy atom. The summed E-state index contributed by atoms with van der Waals surface area (Å²) in [6, 6.07) is 101. The van der Waals surface area contributed by atoms with Crippen LogP contribution < -0.4 is 19.3 Å². The first kappa shape index (κ1) is 43.2. The van der Waals surface area contributed by atoms with Gasteiger partial charge in [-0.05, 0) is 166 Å². The van der Waals surface area contributed by atoms with Crippen LogP contribution in [0.4, 0.5) is 34.1 Å². The highest BCUT2D eigenvalue weighted by molar-refractivity contribution is 5.82. The SMILES string of the molecule is c1ccc(Oc2ccc(N(c3ccc(-c4ccccc4)cc3)c3ccc(-c4ccc(-c5ccc(N(c6ccc(Oc7ccccc7)cc6)c6ccc(-c7ccccc7)cc6)cc5)cc4)cc3)cc2)cc1. The average molecular weight is 901 g/mol. The molecule has 0 heterocycles. The molecule has 11 aromatic carbocycles. The molecule has 11 rings (SSSR count). The molecule has 4 heteroatoms. The van der Waals surface area contributed by atoms with Gasteiger partial charge in [-0.2, -0.15) is 0 Å². The summed E-state index contributed by atoms with van der Waals surface area (Å²) >= 11 is 0. The Bertz CT molecular complexity index is 3150. The van der Waals surface area contributed by atoms with Crippen molar-refractivity contribution in [3.8, 4) is 67.5 Å². The van der Waals surface area contributed by atoms with Crippen LogP contribution >= 0.6 is 0 Å². The van der Waals surface area contributed by atoms with Gasteiger partial charge in [-0.25, -0.2) is 0 Å². The maximum atomic E-state index is 6.15. The second-order valence-corrected chi connectivity index (χ2v) is 17.0. The second kappa shape index (κ2) is 20.2. The van der Waals surface area contributed by atoms with Crippen LogP contribution in [-0.4, -0.2) is 0 Å². The fourth-order valence-electron chi connectivity index (χ4n) is 8.80. The van der Waals surface area contributed by atoms with Crippen LogP contribution in [0, 0.1) is 0 Å². The van der Waals surface area contributed by atoms with Gasteiger partial charge in [0, 0.05) is 34.1 Å². The molecule has 0 fully saturated rings. The van der Waals surface area contributed by atoms with Crippen molar-refractivity contribution in [3.05, 3.63) is 291 Å². The summed E-state index contributed by atoms with van der Waals surface area (Å²) < 4.78 is 12.3. The standard InChI is InChI=1S/C66H48N2O2/c1-5-13-49(14-6-1)53-25-33-57(34-26-53)67(61-41-45-65(46-42-61)69-63-17-9-3-10-18-63)59-37-29-55(30-38-59)51-21-23-52(24-22-51)56-31-39-60(40-32-56)68(58-35-27-54(28-36-58)50-15-7-2-8-16-50)62-43-47-66(48-44-62)70-64-19-11-4-12-20-64/h1-48H. The summed E-state index contributed by atoms with van der Waals surface area (Å²) in [4.78, 5) is 4.57. The number of para-hydroxylation sites is 2. The number of hydrogen-bond acceptors (Lipinski definition) is 4. The van der Waals surface area contributed by atoms with Crippen molar-refractivity contribution >= 4 is 34.1 Å². The highest BCUT2D eigenvalue weighted by Gasteiger charge is 2.16. The van der Waals surface area contributed by atoms with Crippen LogP contribution in [-0.2, 0) is 0 Å². The monoisotopic (exact) mass is 900 g/mol. The van der Waals surface area contributed by atoms with E-state index in [4.69, 9.17) is 9.47 Å². The van der Waals surface area contributed by atoms with Gasteiger partial charge < -0.3 is 19.3 Å². The predicted molar refractivity (Wildman–Crippen MR) is 291 cm³/mol. The van der Waals surface area contributed by atoms with Gasteiger partial charge in [0.05, 0.1) is 0 Å². The van der Waals surface area contributed by atoms with Gasteiger partial charge in [0.25, 0.3) is 0 Å². The van der Waals surface area contributed by atoms with E-state index in [-0.39, 0.29) is 0 Å². The third-order valence-electron chi connectivity index (χ3n) is 12.4. The zero-order valence-electron chi connectivity index (χ0n) is 38.4. The summed E-state index contributed by atoms with van der Waals surface area (Å²) in [5.41, 5.74) is 15.6. The van der Waals surface area contributed by atoms with Crippen molar-refractivity contribution in [2.45, 2.75) is 0 Å². The van der Waals surface area contributed by atoms with E-state index >= 15 is 0 Å². The molecule has 0 saturated carbocycles. The lowest BCUT2D eigenvalue weighted by Gasteiger charge is -2.26. The minimum Gasteiger partial charge on any atom is -0.457 e. The zero-order valence-corrected chi connectivity index (χ0v) is 38.4. The molecule has 0 amide bonds. The highest BCUT2D eigenvalue weighted by atomic mass is 16.5. The van der Waals surface area contributed by atoms with Crippen LogP contribution in [0.2, 0.25) is 0 Å². The van der Waals surface area contributed by atoms with Gasteiger partial charge in [0.2, 0.25) is 0 Å². The van der Waals surface area contributed by atoms with E-state index in [2.05, 4.69) is 204 Å². The molecule has 70 heavy (non-hydrogen) atoms. The van der Waals surface area contributed by atoms with Gasteiger partial charge in [0.15, 0.2) is 0 Å². The quantitative estimate of drug-likeness (QED) is 0.109. The predicted octanol–water partition coefficient (Wildman–Crippen LogP) is 18.9. The molecule has 0 aliphatic heterocycles. The maximum absolute atomic E-state index is 6.15. The molecule has 0 saturated heterocycles. The molecule has 334 valence electrons. The second-order valence-electron chi connectivity index (χ2n) is 17.0. The van der Waals surface area contributed by atoms with Crippen molar-refractivity contribution in [1.29, 1.82) is 0 Å². The molecule has 4 nitrogen and oxygen atoms in total. The molecular weight excluding hydrogens is 853 g/mol. The molecule has 0 aliphatic carbocycles. The van der Waals surface area contributed by atoms with Gasteiger partial charge in [0.1, 0.15) is 23.0 Å². The third-order valence-corrected chi connectivity index (χ3v) is 12.4. The minimum atomic E-state index is 0.785. The van der Waals surface area contributed by atoms with Gasteiger partial charge in [-0.3, -0.25) is 0 Å². The molecule has 0 aliphatic rings. The summed E-state index contributed by atoms with van der Waals surface area (Å²) in [5.74, 6) is 3.18. The molecule has 0 aromatic heterocycles. The van der Waals surface area contributed by atoms with E-state index in [1.807, 2.05) is 97.1 Å². The number of benzene rings is 11. The van der Waals surface area contributed by atoms with E-state index in [1.165, 1.54) is 22.3 Å². The van der Waals surface area contributed by atoms with Gasteiger partial charge >= 0.3 is 0 Å². The molecule has 0 unspecified atom stereocenters. The highest BCUT2D eigenvalue weighted by Crippen LogP contribution is 2.40. The van der Waals surface area contributed by atoms with E-state index in [0.29, 0.717) is 0 Å². The molecule has 0 N–H and O–H groups in total. The topological polar surface area (TPSA) is 24.9 Å². The first-order valence-electron chi connectivity index (χ1n) is 23.6. The smallest absolute Gasteiger partial charge is 0.127 e. The van der Waals surface area contributed by atoms with E-state index < -0.39 is 0 Å². The Labute approximate surface area is 410 Å². The lowest BCUT2D eigenvalue weighted by Crippen LogP contribution is -2.09. The molecule has 11 aromatic rings. The van der Waals surface area contributed by atoms with Crippen molar-refractivity contribution in [2.24, 2.45) is 0 Å². The Morgan fingerprint density at radius 2 is 0.329 bits per heavy atom. The largest absolute Gasteiger partial charge is 0.457 e. The summed E-state index contributed by atoms with van der Waals surface area (Å²) in [6.45, 7) is 0. The van der Waals surface area contributed by atoms with Gasteiger partial charge in [-0.15, -0.1) is 0 Å². The van der Waals surface area contributed by atoms with Crippen molar-refractivity contribution in [1.82, 2.24) is 0 Å². The minimum absolute atomic E-state index is 0.785. The van der Waals surface area contributed by atoms with Crippen molar-refractivity contribution < 1.29 is 9.47 Å². The summed E-state index contributed by atoms with van der Waals surface area (Å²) in [7, 11) is 0. The van der Waals surface area contributed by atoms with Crippen molar-refractivity contribution in [3.63, 3.8) is 0 Å². The number of nitrogens with zero attached hydrogens (tertiary/aromatic N) is 2. The molecule has 0 atom stereocenters. The van der Waals surface area contributed by atoms with E-state index in [9.17, 15) is 0 Å². The average Bonchev–Trinajstić information content (AvgIpc) is 3.44. The lowest BCUT2D eigenvalue weighted by molar-refractivity contribution is 0.482. The van der Waals surface area contributed by atoms with Crippen LogP contribution in [0.5, 0.6) is 23.0 Å². The molecule has 0 spiro atoms. The van der Waals surface area contributed by atoms with E-state index in [1.54, 1.807) is 0 Å². The Kier molecular flexibility index (Phi) is 12.5. The van der Waals surface area contributed by atoms with Crippen LogP contribution in [0.25, 0.3) is 44.5 Å². The zero-order chi connectivity index (χ0) is 46.9. The maximum Gasteiger partial charge on any atom is 0.127 e. The Balaban J connectivity index is 0.839. The first-order valence-corrected chi connectivity index (χ1v) is 23.6.